The van der Waals surface area contributed by atoms with Crippen molar-refractivity contribution in [3.8, 4) is 0 Å². The minimum Gasteiger partial charge on any atom is -0.370 e. The smallest absolute Gasteiger partial charge is 0.189 e. The van der Waals surface area contributed by atoms with E-state index in [9.17, 15) is 0 Å². The second kappa shape index (κ2) is 5.07. The summed E-state index contributed by atoms with van der Waals surface area (Å²) in [6.07, 6.45) is 6.66. The topological polar surface area (TPSA) is 50.4 Å². The summed E-state index contributed by atoms with van der Waals surface area (Å²) in [5.41, 5.74) is 6.25. The van der Waals surface area contributed by atoms with Gasteiger partial charge in [-0.2, -0.15) is 0 Å². The van der Waals surface area contributed by atoms with Crippen molar-refractivity contribution in [3.63, 3.8) is 0 Å². The molecule has 0 aromatic heterocycles. The highest BCUT2D eigenvalue weighted by atomic mass is 15.1. The molecule has 0 heterocycles. The Hall–Kier alpha value is -0.730. The average Bonchev–Trinajstić information content (AvgIpc) is 2.14. The van der Waals surface area contributed by atoms with E-state index >= 15 is 0 Å². The van der Waals surface area contributed by atoms with Crippen molar-refractivity contribution in [3.05, 3.63) is 0 Å². The fourth-order valence-electron chi connectivity index (χ4n) is 2.26. The number of guanidine groups is 1. The lowest BCUT2D eigenvalue weighted by Gasteiger charge is -2.32. The van der Waals surface area contributed by atoms with Crippen LogP contribution < -0.4 is 11.1 Å². The van der Waals surface area contributed by atoms with Gasteiger partial charge in [-0.15, -0.1) is 0 Å². The van der Waals surface area contributed by atoms with Crippen molar-refractivity contribution < 1.29 is 0 Å². The SMILES string of the molecule is CC1(CN=C(N)NC(C)(C)C)CCCCC1. The summed E-state index contributed by atoms with van der Waals surface area (Å²) in [6.45, 7) is 9.48. The molecule has 0 aromatic carbocycles. The third kappa shape index (κ3) is 4.86. The van der Waals surface area contributed by atoms with Crippen molar-refractivity contribution in [1.82, 2.24) is 5.32 Å². The highest BCUT2D eigenvalue weighted by molar-refractivity contribution is 5.78. The Bertz CT molecular complexity index is 244. The van der Waals surface area contributed by atoms with Gasteiger partial charge in [-0.1, -0.05) is 26.2 Å². The molecule has 0 spiro atoms. The lowest BCUT2D eigenvalue weighted by atomic mass is 9.76. The molecular weight excluding hydrogens is 198 g/mol. The molecule has 16 heavy (non-hydrogen) atoms. The maximum absolute atomic E-state index is 5.87. The second-order valence-corrected chi connectivity index (χ2v) is 6.45. The van der Waals surface area contributed by atoms with Crippen LogP contribution in [0.5, 0.6) is 0 Å². The molecule has 3 N–H and O–H groups in total. The Morgan fingerprint density at radius 2 is 1.81 bits per heavy atom. The van der Waals surface area contributed by atoms with E-state index in [0.717, 1.165) is 6.54 Å². The van der Waals surface area contributed by atoms with Crippen LogP contribution in [-0.2, 0) is 0 Å². The van der Waals surface area contributed by atoms with Crippen molar-refractivity contribution in [1.29, 1.82) is 0 Å². The van der Waals surface area contributed by atoms with E-state index in [-0.39, 0.29) is 5.54 Å². The summed E-state index contributed by atoms with van der Waals surface area (Å²) in [4.78, 5) is 4.49. The van der Waals surface area contributed by atoms with Crippen LogP contribution in [0.1, 0.15) is 59.8 Å². The first-order valence-electron chi connectivity index (χ1n) is 6.39. The van der Waals surface area contributed by atoms with Crippen molar-refractivity contribution in [2.24, 2.45) is 16.1 Å². The molecule has 0 saturated heterocycles. The Morgan fingerprint density at radius 3 is 2.31 bits per heavy atom. The largest absolute Gasteiger partial charge is 0.370 e. The molecule has 1 aliphatic carbocycles. The first kappa shape index (κ1) is 13.3. The van der Waals surface area contributed by atoms with Gasteiger partial charge < -0.3 is 11.1 Å². The van der Waals surface area contributed by atoms with Gasteiger partial charge in [0.1, 0.15) is 0 Å². The Labute approximate surface area is 99.9 Å². The van der Waals surface area contributed by atoms with Gasteiger partial charge in [-0.25, -0.2) is 0 Å². The van der Waals surface area contributed by atoms with E-state index < -0.39 is 0 Å². The predicted molar refractivity (Wildman–Crippen MR) is 70.6 cm³/mol. The standard InChI is InChI=1S/C13H27N3/c1-12(2,3)16-11(14)15-10-13(4)8-6-5-7-9-13/h5-10H2,1-4H3,(H3,14,15,16). The Morgan fingerprint density at radius 1 is 1.25 bits per heavy atom. The minimum absolute atomic E-state index is 0.00104. The number of nitrogens with two attached hydrogens (primary N) is 1. The molecule has 3 nitrogen and oxygen atoms in total. The van der Waals surface area contributed by atoms with Crippen molar-refractivity contribution >= 4 is 5.96 Å². The second-order valence-electron chi connectivity index (χ2n) is 6.45. The van der Waals surface area contributed by atoms with Crippen LogP contribution in [0.4, 0.5) is 0 Å². The highest BCUT2D eigenvalue weighted by Gasteiger charge is 2.26. The van der Waals surface area contributed by atoms with Crippen LogP contribution in [-0.4, -0.2) is 18.0 Å². The van der Waals surface area contributed by atoms with Gasteiger partial charge in [0.15, 0.2) is 5.96 Å². The van der Waals surface area contributed by atoms with E-state index in [1.54, 1.807) is 0 Å². The normalized spacial score (nSPS) is 21.9. The van der Waals surface area contributed by atoms with Crippen LogP contribution >= 0.6 is 0 Å². The molecule has 0 aromatic rings. The zero-order valence-electron chi connectivity index (χ0n) is 11.3. The fourth-order valence-corrected chi connectivity index (χ4v) is 2.26. The number of nitrogens with zero attached hydrogens (tertiary/aromatic N) is 1. The molecule has 1 saturated carbocycles. The zero-order valence-corrected chi connectivity index (χ0v) is 11.3. The van der Waals surface area contributed by atoms with Crippen molar-refractivity contribution in [2.45, 2.75) is 65.3 Å². The molecule has 1 fully saturated rings. The van der Waals surface area contributed by atoms with Crippen molar-refractivity contribution in [2.75, 3.05) is 6.54 Å². The van der Waals surface area contributed by atoms with E-state index in [4.69, 9.17) is 5.73 Å². The van der Waals surface area contributed by atoms with E-state index in [1.165, 1.54) is 32.1 Å². The number of hydrogen-bond donors (Lipinski definition) is 2. The van der Waals surface area contributed by atoms with Gasteiger partial charge in [0.05, 0.1) is 0 Å². The fraction of sp³-hybridized carbons (Fsp3) is 0.923. The van der Waals surface area contributed by atoms with E-state index in [1.807, 2.05) is 0 Å². The molecule has 0 amide bonds. The quantitative estimate of drug-likeness (QED) is 0.561. The summed E-state index contributed by atoms with van der Waals surface area (Å²) in [7, 11) is 0. The minimum atomic E-state index is 0.00104. The van der Waals surface area contributed by atoms with Gasteiger partial charge in [0, 0.05) is 12.1 Å². The van der Waals surface area contributed by atoms with Crippen LogP contribution in [0.15, 0.2) is 4.99 Å². The summed E-state index contributed by atoms with van der Waals surface area (Å²) in [5.74, 6) is 0.583. The number of nitrogens with one attached hydrogen (secondary N) is 1. The first-order chi connectivity index (χ1) is 7.31. The third-order valence-corrected chi connectivity index (χ3v) is 3.19. The number of rotatable bonds is 2. The monoisotopic (exact) mass is 225 g/mol. The predicted octanol–water partition coefficient (Wildman–Crippen LogP) is 2.66. The molecule has 0 aliphatic heterocycles. The molecule has 1 rings (SSSR count). The van der Waals surface area contributed by atoms with Crippen LogP contribution in [0.3, 0.4) is 0 Å². The van der Waals surface area contributed by atoms with E-state index in [2.05, 4.69) is 38.0 Å². The molecule has 0 radical (unpaired) electrons. The van der Waals surface area contributed by atoms with Gasteiger partial charge in [-0.05, 0) is 39.0 Å². The Balaban J connectivity index is 2.44. The highest BCUT2D eigenvalue weighted by Crippen LogP contribution is 2.35. The van der Waals surface area contributed by atoms with Crippen LogP contribution in [0.2, 0.25) is 0 Å². The molecule has 94 valence electrons. The lowest BCUT2D eigenvalue weighted by molar-refractivity contribution is 0.226. The Kier molecular flexibility index (Phi) is 4.22. The molecular formula is C13H27N3. The maximum Gasteiger partial charge on any atom is 0.189 e. The third-order valence-electron chi connectivity index (χ3n) is 3.19. The van der Waals surface area contributed by atoms with Gasteiger partial charge in [-0.3, -0.25) is 4.99 Å². The van der Waals surface area contributed by atoms with Gasteiger partial charge >= 0.3 is 0 Å². The average molecular weight is 225 g/mol. The van der Waals surface area contributed by atoms with Gasteiger partial charge in [0.25, 0.3) is 0 Å². The zero-order chi connectivity index (χ0) is 12.2. The number of hydrogen-bond acceptors (Lipinski definition) is 1. The first-order valence-corrected chi connectivity index (χ1v) is 6.39. The molecule has 0 bridgehead atoms. The van der Waals surface area contributed by atoms with Crippen LogP contribution in [0, 0.1) is 5.41 Å². The summed E-state index contributed by atoms with van der Waals surface area (Å²) >= 11 is 0. The molecule has 0 unspecified atom stereocenters. The summed E-state index contributed by atoms with van der Waals surface area (Å²) in [5, 5.41) is 3.20. The number of aliphatic imine (C=N–C) groups is 1. The van der Waals surface area contributed by atoms with E-state index in [0.29, 0.717) is 11.4 Å². The summed E-state index contributed by atoms with van der Waals surface area (Å²) in [6, 6.07) is 0. The van der Waals surface area contributed by atoms with Crippen LogP contribution in [0.25, 0.3) is 0 Å². The summed E-state index contributed by atoms with van der Waals surface area (Å²) < 4.78 is 0. The maximum atomic E-state index is 5.87. The van der Waals surface area contributed by atoms with Gasteiger partial charge in [0.2, 0.25) is 0 Å². The molecule has 3 heteroatoms. The lowest BCUT2D eigenvalue weighted by Crippen LogP contribution is -2.45. The molecule has 1 aliphatic rings. The molecule has 0 atom stereocenters.